The molecule has 0 saturated carbocycles. The highest BCUT2D eigenvalue weighted by molar-refractivity contribution is 6.72. The van der Waals surface area contributed by atoms with Gasteiger partial charge in [-0.05, 0) is 77.7 Å². The van der Waals surface area contributed by atoms with E-state index in [0.29, 0.717) is 24.2 Å². The number of hydrogen-bond acceptors (Lipinski definition) is 10. The summed E-state index contributed by atoms with van der Waals surface area (Å²) in [7, 11) is -3.61. The van der Waals surface area contributed by atoms with Crippen LogP contribution in [-0.2, 0) is 29.5 Å². The van der Waals surface area contributed by atoms with Crippen molar-refractivity contribution in [3.05, 3.63) is 47.1 Å². The molecule has 6 N–H and O–H groups in total. The molecule has 0 aliphatic carbocycles. The van der Waals surface area contributed by atoms with Crippen LogP contribution >= 0.6 is 0 Å². The average molecular weight is 748 g/mol. The number of aliphatic hydroxyl groups is 5. The molecule has 4 aliphatic rings. The molecule has 3 amide bonds. The second-order valence-electron chi connectivity index (χ2n) is 15.5. The van der Waals surface area contributed by atoms with Gasteiger partial charge in [-0.1, -0.05) is 30.2 Å². The molecule has 3 fully saturated rings. The fourth-order valence-corrected chi connectivity index (χ4v) is 10.9. The Labute approximate surface area is 305 Å². The molecule has 15 heteroatoms. The lowest BCUT2D eigenvalue weighted by Crippen LogP contribution is -2.60. The van der Waals surface area contributed by atoms with E-state index < -0.39 is 74.1 Å². The number of nitrogens with zero attached hydrogens (tertiary/aromatic N) is 2. The molecule has 4 heterocycles. The van der Waals surface area contributed by atoms with Gasteiger partial charge in [0, 0.05) is 35.8 Å². The maximum Gasteiger partial charge on any atom is 0.264 e. The van der Waals surface area contributed by atoms with Gasteiger partial charge in [-0.25, -0.2) is 0 Å². The van der Waals surface area contributed by atoms with Crippen molar-refractivity contribution in [2.24, 2.45) is 5.92 Å². The summed E-state index contributed by atoms with van der Waals surface area (Å²) in [6, 6.07) is 4.42. The summed E-state index contributed by atoms with van der Waals surface area (Å²) in [5.74, 6) is -2.33. The second kappa shape index (κ2) is 15.8. The van der Waals surface area contributed by atoms with Gasteiger partial charge in [0.15, 0.2) is 18.0 Å². The van der Waals surface area contributed by atoms with Crippen molar-refractivity contribution in [3.63, 3.8) is 0 Å². The number of fused-ring (bicyclic) bond motifs is 2. The van der Waals surface area contributed by atoms with Gasteiger partial charge < -0.3 is 54.2 Å². The molecule has 1 spiro atoms. The van der Waals surface area contributed by atoms with Crippen molar-refractivity contribution in [2.45, 2.75) is 127 Å². The van der Waals surface area contributed by atoms with Crippen LogP contribution in [0.2, 0.25) is 18.6 Å². The molecule has 0 bridgehead atoms. The summed E-state index contributed by atoms with van der Waals surface area (Å²) in [6.45, 7) is 11.4. The molecule has 1 aromatic rings. The van der Waals surface area contributed by atoms with Gasteiger partial charge in [-0.3, -0.25) is 14.4 Å². The number of aliphatic hydroxyl groups excluding tert-OH is 5. The molecule has 1 aromatic carbocycles. The van der Waals surface area contributed by atoms with Crippen molar-refractivity contribution in [1.82, 2.24) is 4.90 Å². The van der Waals surface area contributed by atoms with Gasteiger partial charge in [-0.2, -0.15) is 0 Å². The van der Waals surface area contributed by atoms with Crippen LogP contribution in [0.15, 0.2) is 41.5 Å². The van der Waals surface area contributed by atoms with E-state index in [2.05, 4.69) is 11.4 Å². The molecule has 288 valence electrons. The first kappa shape index (κ1) is 40.2. The van der Waals surface area contributed by atoms with Gasteiger partial charge in [0.1, 0.15) is 18.3 Å². The summed E-state index contributed by atoms with van der Waals surface area (Å²) < 4.78 is 28.3. The fourth-order valence-electron chi connectivity index (χ4n) is 8.38. The van der Waals surface area contributed by atoms with E-state index >= 15 is 4.11 Å². The lowest BCUT2D eigenvalue weighted by Gasteiger charge is -2.37. The first-order valence-corrected chi connectivity index (χ1v) is 21.1. The first-order chi connectivity index (χ1) is 24.4. The normalized spacial score (nSPS) is 33.5. The topological polar surface area (TPSA) is 189 Å². The molecule has 0 aromatic heterocycles. The summed E-state index contributed by atoms with van der Waals surface area (Å²) in [5.41, 5.74) is 0.861. The average Bonchev–Trinajstić information content (AvgIpc) is 3.74. The van der Waals surface area contributed by atoms with Gasteiger partial charge in [0.2, 0.25) is 14.3 Å². The number of allylic oxidation sites excluding steroid dienone is 3. The molecule has 0 radical (unpaired) electrons. The fraction of sp³-hybridized carbons (Fsp3) is 0.649. The minimum atomic E-state index is -3.61. The smallest absolute Gasteiger partial charge is 0.264 e. The van der Waals surface area contributed by atoms with Gasteiger partial charge >= 0.3 is 0 Å². The Balaban J connectivity index is 1.52. The zero-order chi connectivity index (χ0) is 38.3. The predicted octanol–water partition coefficient (Wildman–Crippen LogP) is 2.61. The number of hydrogen-bond donors (Lipinski definition) is 6. The SMILES string of the molecule is CC(C)=CCC/C(C)=C/CN1C(=O)[C@]2(O[C@H](CC(=O)N3CCC[C@H]3CO)[C@@H]([Si](C)(C)F)[C@@H]2C)c2cc(NC(=O)[C@H]3O[C@@H](O)[C@H](O)[C@@H](O)[C@@H]3O)ccc21. The van der Waals surface area contributed by atoms with Crippen LogP contribution in [0.25, 0.3) is 0 Å². The lowest BCUT2D eigenvalue weighted by atomic mass is 9.82. The van der Waals surface area contributed by atoms with E-state index in [1.807, 2.05) is 26.8 Å². The number of benzene rings is 1. The van der Waals surface area contributed by atoms with Crippen molar-refractivity contribution >= 4 is 37.5 Å². The van der Waals surface area contributed by atoms with Crippen molar-refractivity contribution in [3.8, 4) is 0 Å². The number of likely N-dealkylation sites (tertiary alicyclic amines) is 1. The number of halogens is 1. The van der Waals surface area contributed by atoms with Crippen LogP contribution in [0, 0.1) is 5.92 Å². The van der Waals surface area contributed by atoms with E-state index in [-0.39, 0.29) is 37.2 Å². The van der Waals surface area contributed by atoms with E-state index in [9.17, 15) is 39.9 Å². The lowest BCUT2D eigenvalue weighted by molar-refractivity contribution is -0.274. The Morgan fingerprint density at radius 1 is 1.10 bits per heavy atom. The van der Waals surface area contributed by atoms with Crippen LogP contribution in [0.1, 0.15) is 65.4 Å². The van der Waals surface area contributed by atoms with Gasteiger partial charge in [-0.15, -0.1) is 0 Å². The van der Waals surface area contributed by atoms with E-state index in [1.54, 1.807) is 48.0 Å². The largest absolute Gasteiger partial charge is 0.394 e. The molecular formula is C37H54FN3O10Si. The highest BCUT2D eigenvalue weighted by Gasteiger charge is 2.67. The number of amides is 3. The standard InChI is InChI=1S/C37H54FN3O10Si/c1-20(2)9-7-10-21(3)14-16-41-26-13-12-23(39-34(47)32-30(45)29(44)31(46)35(48)50-32)17-25(26)37(36(41)49)22(4)33(52(5,6)38)27(51-37)18-28(43)40-15-8-11-24(40)19-42/h9,12-14,17,22,24,27,29-33,35,42,44-46,48H,7-8,10-11,15-16,18-19H2,1-6H3,(H,39,47)/b21-14+/t22-,24-,27+,29-,30-,31+,32-,33-,35+,37+/m0/s1. The van der Waals surface area contributed by atoms with Crippen molar-refractivity contribution in [1.29, 1.82) is 0 Å². The third-order valence-corrected chi connectivity index (χ3v) is 13.5. The number of ether oxygens (including phenoxy) is 2. The molecule has 0 unspecified atom stereocenters. The maximum atomic E-state index is 16.4. The Morgan fingerprint density at radius 3 is 2.46 bits per heavy atom. The quantitative estimate of drug-likeness (QED) is 0.112. The molecular weight excluding hydrogens is 694 g/mol. The number of anilines is 2. The highest BCUT2D eigenvalue weighted by Crippen LogP contribution is 2.60. The Hall–Kier alpha value is -3.02. The van der Waals surface area contributed by atoms with E-state index in [0.717, 1.165) is 24.8 Å². The highest BCUT2D eigenvalue weighted by atomic mass is 28.4. The third-order valence-electron chi connectivity index (χ3n) is 11.1. The number of carbonyl (C=O) groups excluding carboxylic acids is 3. The zero-order valence-corrected chi connectivity index (χ0v) is 31.8. The summed E-state index contributed by atoms with van der Waals surface area (Å²) in [5, 5.41) is 52.9. The molecule has 52 heavy (non-hydrogen) atoms. The Morgan fingerprint density at radius 2 is 1.81 bits per heavy atom. The Bertz CT molecular complexity index is 1580. The number of rotatable bonds is 11. The maximum absolute atomic E-state index is 16.4. The molecule has 5 rings (SSSR count). The van der Waals surface area contributed by atoms with Crippen LogP contribution in [0.3, 0.4) is 0 Å². The second-order valence-corrected chi connectivity index (χ2v) is 19.3. The van der Waals surface area contributed by atoms with Crippen LogP contribution in [0.5, 0.6) is 0 Å². The van der Waals surface area contributed by atoms with Crippen LogP contribution in [0.4, 0.5) is 15.5 Å². The van der Waals surface area contributed by atoms with Gasteiger partial charge in [0.05, 0.1) is 30.9 Å². The summed E-state index contributed by atoms with van der Waals surface area (Å²) in [6.07, 6.45) is -3.13. The summed E-state index contributed by atoms with van der Waals surface area (Å²) in [4.78, 5) is 45.0. The zero-order valence-electron chi connectivity index (χ0n) is 30.8. The van der Waals surface area contributed by atoms with Crippen LogP contribution < -0.4 is 10.2 Å². The van der Waals surface area contributed by atoms with E-state index in [1.165, 1.54) is 5.57 Å². The van der Waals surface area contributed by atoms with Crippen LogP contribution in [-0.4, -0.2) is 119 Å². The molecule has 13 nitrogen and oxygen atoms in total. The first-order valence-electron chi connectivity index (χ1n) is 18.1. The van der Waals surface area contributed by atoms with Crippen molar-refractivity contribution < 1.29 is 53.5 Å². The predicted molar refractivity (Wildman–Crippen MR) is 193 cm³/mol. The minimum Gasteiger partial charge on any atom is -0.394 e. The molecule has 4 aliphatic heterocycles. The van der Waals surface area contributed by atoms with Gasteiger partial charge in [0.25, 0.3) is 11.8 Å². The monoisotopic (exact) mass is 747 g/mol. The minimum absolute atomic E-state index is 0.163. The Kier molecular flexibility index (Phi) is 12.2. The van der Waals surface area contributed by atoms with Crippen molar-refractivity contribution in [2.75, 3.05) is 29.9 Å². The number of carbonyl (C=O) groups is 3. The molecule has 3 saturated heterocycles. The summed E-state index contributed by atoms with van der Waals surface area (Å²) >= 11 is 0. The van der Waals surface area contributed by atoms with E-state index in [4.69, 9.17) is 9.47 Å². The number of nitrogens with one attached hydrogen (secondary N) is 1. The third kappa shape index (κ3) is 7.64. The molecule has 10 atom stereocenters.